The Kier molecular flexibility index (Phi) is 6.00. The quantitative estimate of drug-likeness (QED) is 0.664. The van der Waals surface area contributed by atoms with E-state index in [2.05, 4.69) is 5.32 Å². The molecule has 0 heterocycles. The number of hydrogen-bond acceptors (Lipinski definition) is 2. The van der Waals surface area contributed by atoms with Gasteiger partial charge in [0.25, 0.3) is 0 Å². The number of rotatable bonds is 7. The van der Waals surface area contributed by atoms with Crippen LogP contribution in [0.4, 0.5) is 5.69 Å². The summed E-state index contributed by atoms with van der Waals surface area (Å²) in [5.41, 5.74) is 9.70. The van der Waals surface area contributed by atoms with Gasteiger partial charge in [0, 0.05) is 11.3 Å². The van der Waals surface area contributed by atoms with E-state index in [1.54, 1.807) is 18.6 Å². The van der Waals surface area contributed by atoms with Gasteiger partial charge < -0.3 is 11.1 Å². The fourth-order valence-electron chi connectivity index (χ4n) is 2.91. The molecule has 135 valence electrons. The molecule has 0 fully saturated rings. The van der Waals surface area contributed by atoms with Crippen LogP contribution in [0.15, 0.2) is 78.9 Å². The van der Waals surface area contributed by atoms with E-state index >= 15 is 0 Å². The fourth-order valence-corrected chi connectivity index (χ4v) is 2.91. The molecule has 4 heteroatoms. The Bertz CT molecular complexity index is 919. The third-order valence-corrected chi connectivity index (χ3v) is 4.29. The van der Waals surface area contributed by atoms with Crippen molar-refractivity contribution in [2.45, 2.75) is 12.8 Å². The molecule has 0 saturated heterocycles. The number of nitrogens with two attached hydrogens (primary N) is 1. The minimum atomic E-state index is -0.450. The lowest BCUT2D eigenvalue weighted by Crippen LogP contribution is -2.15. The van der Waals surface area contributed by atoms with E-state index in [-0.39, 0.29) is 5.91 Å². The molecule has 3 aromatic carbocycles. The molecule has 0 saturated carbocycles. The van der Waals surface area contributed by atoms with Crippen molar-refractivity contribution in [1.29, 1.82) is 0 Å². The van der Waals surface area contributed by atoms with Crippen molar-refractivity contribution in [2.75, 3.05) is 5.32 Å². The molecule has 0 aliphatic rings. The Morgan fingerprint density at radius 1 is 0.815 bits per heavy atom. The predicted molar refractivity (Wildman–Crippen MR) is 108 cm³/mol. The molecule has 27 heavy (non-hydrogen) atoms. The summed E-state index contributed by atoms with van der Waals surface area (Å²) in [5, 5.41) is 2.86. The van der Waals surface area contributed by atoms with Crippen LogP contribution in [0, 0.1) is 6.42 Å². The average Bonchev–Trinajstić information content (AvgIpc) is 2.69. The zero-order valence-electron chi connectivity index (χ0n) is 14.9. The van der Waals surface area contributed by atoms with Crippen molar-refractivity contribution in [2.24, 2.45) is 5.73 Å². The molecule has 0 aromatic heterocycles. The van der Waals surface area contributed by atoms with Crippen molar-refractivity contribution in [3.05, 3.63) is 96.4 Å². The van der Waals surface area contributed by atoms with Gasteiger partial charge in [-0.05, 0) is 47.7 Å². The summed E-state index contributed by atoms with van der Waals surface area (Å²) in [4.78, 5) is 23.5. The van der Waals surface area contributed by atoms with Gasteiger partial charge in [-0.3, -0.25) is 9.59 Å². The average molecular weight is 357 g/mol. The Balaban J connectivity index is 1.52. The predicted octanol–water partition coefficient (Wildman–Crippen LogP) is 4.23. The maximum absolute atomic E-state index is 12.1. The molecule has 0 unspecified atom stereocenters. The second-order valence-corrected chi connectivity index (χ2v) is 6.20. The lowest BCUT2D eigenvalue weighted by Gasteiger charge is -2.08. The molecular weight excluding hydrogens is 336 g/mol. The molecule has 0 atom stereocenters. The lowest BCUT2D eigenvalue weighted by molar-refractivity contribution is -0.113. The second kappa shape index (κ2) is 8.81. The summed E-state index contributed by atoms with van der Waals surface area (Å²) in [6.07, 6.45) is 2.70. The topological polar surface area (TPSA) is 72.2 Å². The Labute approximate surface area is 159 Å². The zero-order chi connectivity index (χ0) is 19.1. The van der Waals surface area contributed by atoms with Gasteiger partial charge in [-0.25, -0.2) is 0 Å². The number of carbonyl (C=O) groups is 2. The van der Waals surface area contributed by atoms with Gasteiger partial charge in [0.1, 0.15) is 0 Å². The van der Waals surface area contributed by atoms with Gasteiger partial charge in [0.05, 0.1) is 6.42 Å². The van der Waals surface area contributed by atoms with E-state index in [4.69, 9.17) is 5.73 Å². The van der Waals surface area contributed by atoms with Crippen molar-refractivity contribution < 1.29 is 9.59 Å². The van der Waals surface area contributed by atoms with Crippen LogP contribution in [0.25, 0.3) is 11.1 Å². The molecule has 3 aromatic rings. The number of primary amides is 1. The van der Waals surface area contributed by atoms with Crippen LogP contribution >= 0.6 is 0 Å². The lowest BCUT2D eigenvalue weighted by atomic mass is 10.0. The normalized spacial score (nSPS) is 10.4. The number of carbonyl (C=O) groups excluding carboxylic acids is 2. The van der Waals surface area contributed by atoms with E-state index in [9.17, 15) is 9.59 Å². The summed E-state index contributed by atoms with van der Waals surface area (Å²) in [6.45, 7) is 0. The maximum atomic E-state index is 12.1. The molecule has 0 aliphatic carbocycles. The van der Waals surface area contributed by atoms with Crippen LogP contribution in [0.3, 0.4) is 0 Å². The molecule has 4 nitrogen and oxygen atoms in total. The SMILES string of the molecule is NC(=O)c1ccccc1CC[CH]C(=O)Nc1ccc(-c2ccccc2)cc1. The standard InChI is InChI=1S/C23H21N2O2/c24-23(27)21-11-5-4-9-19(21)10-6-12-22(26)25-20-15-13-18(14-16-20)17-7-2-1-3-8-17/h1-5,7-9,11-16H,6,10H2,(H2,24,27)(H,25,26). The van der Waals surface area contributed by atoms with E-state index in [0.717, 1.165) is 22.4 Å². The third-order valence-electron chi connectivity index (χ3n) is 4.29. The van der Waals surface area contributed by atoms with Gasteiger partial charge in [0.15, 0.2) is 0 Å². The number of hydrogen-bond donors (Lipinski definition) is 2. The van der Waals surface area contributed by atoms with E-state index in [1.165, 1.54) is 0 Å². The van der Waals surface area contributed by atoms with Crippen molar-refractivity contribution in [3.8, 4) is 11.1 Å². The van der Waals surface area contributed by atoms with E-state index in [0.29, 0.717) is 18.4 Å². The molecule has 0 aliphatic heterocycles. The molecule has 2 amide bonds. The highest BCUT2D eigenvalue weighted by Crippen LogP contribution is 2.21. The minimum absolute atomic E-state index is 0.168. The highest BCUT2D eigenvalue weighted by molar-refractivity contribution is 5.97. The van der Waals surface area contributed by atoms with Crippen LogP contribution < -0.4 is 11.1 Å². The van der Waals surface area contributed by atoms with Crippen molar-refractivity contribution in [3.63, 3.8) is 0 Å². The third kappa shape index (κ3) is 5.05. The maximum Gasteiger partial charge on any atom is 0.248 e. The van der Waals surface area contributed by atoms with Gasteiger partial charge in [0.2, 0.25) is 11.8 Å². The molecule has 3 N–H and O–H groups in total. The first-order valence-corrected chi connectivity index (χ1v) is 8.81. The van der Waals surface area contributed by atoms with Crippen LogP contribution in [-0.4, -0.2) is 11.8 Å². The van der Waals surface area contributed by atoms with Gasteiger partial charge in [-0.1, -0.05) is 60.7 Å². The second-order valence-electron chi connectivity index (χ2n) is 6.20. The Morgan fingerprint density at radius 3 is 2.15 bits per heavy atom. The van der Waals surface area contributed by atoms with Crippen LogP contribution in [-0.2, 0) is 11.2 Å². The first kappa shape index (κ1) is 18.4. The van der Waals surface area contributed by atoms with Crippen LogP contribution in [0.1, 0.15) is 22.3 Å². The molecule has 1 radical (unpaired) electrons. The summed E-state index contributed by atoms with van der Waals surface area (Å²) in [6, 6.07) is 25.0. The Hall–Kier alpha value is -3.40. The number of anilines is 1. The minimum Gasteiger partial charge on any atom is -0.366 e. The summed E-state index contributed by atoms with van der Waals surface area (Å²) in [5.74, 6) is -0.618. The monoisotopic (exact) mass is 357 g/mol. The van der Waals surface area contributed by atoms with Crippen LogP contribution in [0.2, 0.25) is 0 Å². The zero-order valence-corrected chi connectivity index (χ0v) is 14.9. The number of benzene rings is 3. The molecular formula is C23H21N2O2. The van der Waals surface area contributed by atoms with E-state index in [1.807, 2.05) is 66.7 Å². The first-order chi connectivity index (χ1) is 13.1. The summed E-state index contributed by atoms with van der Waals surface area (Å²) >= 11 is 0. The smallest absolute Gasteiger partial charge is 0.248 e. The van der Waals surface area contributed by atoms with E-state index < -0.39 is 5.91 Å². The van der Waals surface area contributed by atoms with Crippen LogP contribution in [0.5, 0.6) is 0 Å². The summed E-state index contributed by atoms with van der Waals surface area (Å²) < 4.78 is 0. The molecule has 3 rings (SSSR count). The van der Waals surface area contributed by atoms with Crippen molar-refractivity contribution in [1.82, 2.24) is 0 Å². The fraction of sp³-hybridized carbons (Fsp3) is 0.0870. The van der Waals surface area contributed by atoms with Gasteiger partial charge in [-0.15, -0.1) is 0 Å². The molecule has 0 bridgehead atoms. The highest BCUT2D eigenvalue weighted by Gasteiger charge is 2.09. The van der Waals surface area contributed by atoms with Gasteiger partial charge in [-0.2, -0.15) is 0 Å². The first-order valence-electron chi connectivity index (χ1n) is 8.81. The highest BCUT2D eigenvalue weighted by atomic mass is 16.1. The van der Waals surface area contributed by atoms with Gasteiger partial charge >= 0.3 is 0 Å². The molecule has 0 spiro atoms. The number of aryl methyl sites for hydroxylation is 1. The Morgan fingerprint density at radius 2 is 1.44 bits per heavy atom. The number of nitrogens with one attached hydrogen (secondary N) is 1. The van der Waals surface area contributed by atoms with Crippen molar-refractivity contribution >= 4 is 17.5 Å². The summed E-state index contributed by atoms with van der Waals surface area (Å²) in [7, 11) is 0. The largest absolute Gasteiger partial charge is 0.366 e. The number of amides is 2.